The van der Waals surface area contributed by atoms with E-state index in [1.54, 1.807) is 26.0 Å². The molecule has 12 heteroatoms. The van der Waals surface area contributed by atoms with Crippen LogP contribution >= 0.6 is 23.9 Å². The lowest BCUT2D eigenvalue weighted by molar-refractivity contribution is 0.398. The maximum Gasteiger partial charge on any atom is 0.167 e. The Morgan fingerprint density at radius 1 is 0.614 bits per heavy atom. The molecule has 234 valence electrons. The summed E-state index contributed by atoms with van der Waals surface area (Å²) in [7, 11) is 0. The Labute approximate surface area is 264 Å². The Balaban J connectivity index is 2.24. The van der Waals surface area contributed by atoms with Crippen molar-refractivity contribution in [1.82, 2.24) is 0 Å². The zero-order valence-corrected chi connectivity index (χ0v) is 27.1. The van der Waals surface area contributed by atoms with Crippen molar-refractivity contribution in [3.63, 3.8) is 0 Å². The summed E-state index contributed by atoms with van der Waals surface area (Å²) in [6.45, 7) is 11.0. The van der Waals surface area contributed by atoms with Crippen molar-refractivity contribution in [2.24, 2.45) is 20.3 Å². The predicted octanol–water partition coefficient (Wildman–Crippen LogP) is 6.72. The molecule has 0 saturated carbocycles. The first-order valence-electron chi connectivity index (χ1n) is 13.9. The van der Waals surface area contributed by atoms with E-state index in [0.717, 1.165) is 23.9 Å². The second-order valence-corrected chi connectivity index (χ2v) is 12.4. The first-order chi connectivity index (χ1) is 20.8. The number of phenolic OH excluding ortho intramolecular Hbond substituents is 6. The van der Waals surface area contributed by atoms with Crippen molar-refractivity contribution in [3.05, 3.63) is 45.5 Å². The van der Waals surface area contributed by atoms with Gasteiger partial charge in [-0.3, -0.25) is 20.3 Å². The average Bonchev–Trinajstić information content (AvgIpc) is 2.94. The lowest BCUT2D eigenvalue weighted by Gasteiger charge is -2.23. The second-order valence-electron chi connectivity index (χ2n) is 11.3. The van der Waals surface area contributed by atoms with Crippen molar-refractivity contribution >= 4 is 57.9 Å². The maximum absolute atomic E-state index is 12.0. The van der Waals surface area contributed by atoms with Gasteiger partial charge < -0.3 is 30.6 Å². The molecule has 4 aromatic rings. The molecule has 0 spiro atoms. The number of aromatic hydroxyl groups is 6. The minimum Gasteiger partial charge on any atom is -0.507 e. The molecule has 0 bridgehead atoms. The smallest absolute Gasteiger partial charge is 0.167 e. The molecule has 4 rings (SSSR count). The van der Waals surface area contributed by atoms with E-state index < -0.39 is 11.5 Å². The maximum atomic E-state index is 12.0. The molecular formula is C32H38N4O6S2. The van der Waals surface area contributed by atoms with Crippen LogP contribution in [0.15, 0.2) is 22.1 Å². The van der Waals surface area contributed by atoms with Gasteiger partial charge in [0.05, 0.1) is 11.8 Å². The van der Waals surface area contributed by atoms with E-state index in [-0.39, 0.29) is 79.6 Å². The van der Waals surface area contributed by atoms with Crippen LogP contribution in [0.25, 0.3) is 32.7 Å². The van der Waals surface area contributed by atoms with Crippen LogP contribution in [0.4, 0.5) is 0 Å². The highest BCUT2D eigenvalue weighted by atomic mass is 32.2. The largest absolute Gasteiger partial charge is 0.507 e. The molecule has 10 nitrogen and oxygen atoms in total. The van der Waals surface area contributed by atoms with Crippen LogP contribution in [-0.4, -0.2) is 54.8 Å². The quantitative estimate of drug-likeness (QED) is 0.0553. The molecule has 44 heavy (non-hydrogen) atoms. The van der Waals surface area contributed by atoms with Crippen LogP contribution < -0.4 is 10.3 Å². The number of nitrogens with two attached hydrogens (primary N) is 2. The lowest BCUT2D eigenvalue weighted by atomic mass is 9.83. The van der Waals surface area contributed by atoms with Crippen molar-refractivity contribution in [1.29, 1.82) is 0 Å². The molecule has 0 heterocycles. The summed E-state index contributed by atoms with van der Waals surface area (Å²) in [6.07, 6.45) is 2.71. The summed E-state index contributed by atoms with van der Waals surface area (Å²) in [5.41, 5.74) is 2.85. The molecule has 0 fully saturated rings. The summed E-state index contributed by atoms with van der Waals surface area (Å²) in [5.74, 6) is -2.02. The number of rotatable bonds is 9. The molecule has 0 atom stereocenters. The average molecular weight is 639 g/mol. The van der Waals surface area contributed by atoms with Crippen LogP contribution in [0.1, 0.15) is 72.9 Å². The van der Waals surface area contributed by atoms with E-state index in [2.05, 4.69) is 9.98 Å². The van der Waals surface area contributed by atoms with Gasteiger partial charge >= 0.3 is 0 Å². The minimum atomic E-state index is -0.435. The molecule has 0 aliphatic rings. The van der Waals surface area contributed by atoms with Crippen LogP contribution in [0.2, 0.25) is 0 Å². The van der Waals surface area contributed by atoms with E-state index in [0.29, 0.717) is 33.0 Å². The Morgan fingerprint density at radius 2 is 0.955 bits per heavy atom. The van der Waals surface area contributed by atoms with E-state index >= 15 is 0 Å². The number of aliphatic imine (C=N–C) groups is 2. The third-order valence-corrected chi connectivity index (χ3v) is 8.32. The number of hydrogen-bond acceptors (Lipinski definition) is 12. The Hall–Kier alpha value is -3.84. The third kappa shape index (κ3) is 5.47. The van der Waals surface area contributed by atoms with Crippen LogP contribution in [0.5, 0.6) is 34.5 Å². The molecular weight excluding hydrogens is 601 g/mol. The van der Waals surface area contributed by atoms with Gasteiger partial charge in [0.25, 0.3) is 0 Å². The van der Waals surface area contributed by atoms with Gasteiger partial charge in [-0.05, 0) is 47.6 Å². The molecule has 0 radical (unpaired) electrons. The van der Waals surface area contributed by atoms with Gasteiger partial charge in [-0.15, -0.1) is 0 Å². The Morgan fingerprint density at radius 3 is 1.25 bits per heavy atom. The molecule has 10 N–H and O–H groups in total. The van der Waals surface area contributed by atoms with E-state index in [1.807, 2.05) is 27.7 Å². The van der Waals surface area contributed by atoms with Gasteiger partial charge in [-0.25, -0.2) is 0 Å². The number of benzene rings is 4. The number of phenols is 6. The molecule has 0 aromatic heterocycles. The summed E-state index contributed by atoms with van der Waals surface area (Å²) in [4.78, 5) is 8.45. The number of fused-ring (bicyclic) bond motifs is 2. The molecule has 0 aliphatic heterocycles. The molecule has 0 saturated heterocycles. The molecule has 4 aromatic carbocycles. The molecule has 0 aliphatic carbocycles. The van der Waals surface area contributed by atoms with E-state index in [4.69, 9.17) is 10.3 Å². The Kier molecular flexibility index (Phi) is 9.79. The van der Waals surface area contributed by atoms with Crippen LogP contribution in [0, 0.1) is 13.8 Å². The molecule has 0 amide bonds. The normalized spacial score (nSPS) is 12.3. The van der Waals surface area contributed by atoms with Crippen molar-refractivity contribution < 1.29 is 30.6 Å². The zero-order valence-electron chi connectivity index (χ0n) is 25.4. The highest BCUT2D eigenvalue weighted by Crippen LogP contribution is 2.54. The zero-order chi connectivity index (χ0) is 32.6. The van der Waals surface area contributed by atoms with Crippen LogP contribution in [0.3, 0.4) is 0 Å². The second kappa shape index (κ2) is 13.0. The summed E-state index contributed by atoms with van der Waals surface area (Å²) < 4.78 is 0. The molecule has 0 unspecified atom stereocenters. The van der Waals surface area contributed by atoms with E-state index in [1.165, 1.54) is 12.4 Å². The fraction of sp³-hybridized carbons (Fsp3) is 0.312. The number of hydrogen-bond donors (Lipinski definition) is 8. The van der Waals surface area contributed by atoms with Gasteiger partial charge in [-0.1, -0.05) is 63.7 Å². The van der Waals surface area contributed by atoms with Crippen LogP contribution in [-0.2, 0) is 0 Å². The van der Waals surface area contributed by atoms with Crippen molar-refractivity contribution in [2.75, 3.05) is 11.8 Å². The lowest BCUT2D eigenvalue weighted by Crippen LogP contribution is -2.01. The van der Waals surface area contributed by atoms with Gasteiger partial charge in [0.15, 0.2) is 23.0 Å². The van der Waals surface area contributed by atoms with Gasteiger partial charge in [0, 0.05) is 56.6 Å². The number of nitrogens with zero attached hydrogens (tertiary/aromatic N) is 2. The summed E-state index contributed by atoms with van der Waals surface area (Å²) >= 11 is 1.95. The third-order valence-electron chi connectivity index (χ3n) is 7.73. The highest BCUT2D eigenvalue weighted by molar-refractivity contribution is 7.97. The topological polar surface area (TPSA) is 198 Å². The standard InChI is InChI=1S/C32H38N4O6S2/c1-13(2)21-17-7-15(5)23(29(39)25(17)19(9-35-11-43-33)27(37)31(21)41)24-16(6)8-18-22(14(3)4)32(42)28(38)20(10-36-12-44-34)26(18)30(24)40/h7-10,13-14,37-42H,11-12,33-34H2,1-6H3. The first-order valence-corrected chi connectivity index (χ1v) is 16.0. The fourth-order valence-electron chi connectivity index (χ4n) is 5.97. The monoisotopic (exact) mass is 638 g/mol. The van der Waals surface area contributed by atoms with Gasteiger partial charge in [-0.2, -0.15) is 0 Å². The summed E-state index contributed by atoms with van der Waals surface area (Å²) in [5, 5.41) is 80.8. The SMILES string of the molecule is Cc1cc2c(C(C)C)c(O)c(O)c(C=NCSN)c2c(O)c1-c1c(C)cc2c(C(C)C)c(O)c(O)c(C=NCSN)c2c1O. The van der Waals surface area contributed by atoms with Crippen molar-refractivity contribution in [3.8, 4) is 45.6 Å². The predicted molar refractivity (Wildman–Crippen MR) is 183 cm³/mol. The van der Waals surface area contributed by atoms with Crippen molar-refractivity contribution in [2.45, 2.75) is 53.4 Å². The Bertz CT molecular complexity index is 1700. The first kappa shape index (κ1) is 33.1. The highest BCUT2D eigenvalue weighted by Gasteiger charge is 2.29. The van der Waals surface area contributed by atoms with Gasteiger partial charge in [0.1, 0.15) is 11.5 Å². The summed E-state index contributed by atoms with van der Waals surface area (Å²) in [6, 6.07) is 3.59. The number of aryl methyl sites for hydroxylation is 2. The minimum absolute atomic E-state index is 0.101. The van der Waals surface area contributed by atoms with Gasteiger partial charge in [0.2, 0.25) is 0 Å². The fourth-order valence-corrected chi connectivity index (χ4v) is 6.29. The van der Waals surface area contributed by atoms with E-state index in [9.17, 15) is 30.6 Å².